The normalized spacial score (nSPS) is 14.5. The molecular formula is C10H20FO5P. The Labute approximate surface area is 101 Å². The van der Waals surface area contributed by atoms with Gasteiger partial charge in [0.15, 0.2) is 0 Å². The van der Waals surface area contributed by atoms with Crippen LogP contribution >= 0.6 is 7.60 Å². The van der Waals surface area contributed by atoms with Crippen molar-refractivity contribution >= 4 is 13.6 Å². The maximum absolute atomic E-state index is 13.8. The Morgan fingerprint density at radius 1 is 1.24 bits per heavy atom. The molecule has 0 aromatic rings. The highest BCUT2D eigenvalue weighted by Crippen LogP contribution is 2.54. The van der Waals surface area contributed by atoms with E-state index in [0.717, 1.165) is 0 Å². The van der Waals surface area contributed by atoms with Crippen LogP contribution in [0.25, 0.3) is 0 Å². The molecule has 102 valence electrons. The Bertz CT molecular complexity index is 290. The van der Waals surface area contributed by atoms with E-state index < -0.39 is 25.1 Å². The molecule has 0 aliphatic heterocycles. The number of esters is 1. The van der Waals surface area contributed by atoms with Gasteiger partial charge in [-0.1, -0.05) is 0 Å². The van der Waals surface area contributed by atoms with Crippen LogP contribution in [0.2, 0.25) is 0 Å². The summed E-state index contributed by atoms with van der Waals surface area (Å²) in [6.07, 6.45) is 0. The van der Waals surface area contributed by atoms with Crippen molar-refractivity contribution in [3.05, 3.63) is 0 Å². The molecule has 0 N–H and O–H groups in total. The van der Waals surface area contributed by atoms with Crippen molar-refractivity contribution in [2.45, 2.75) is 46.1 Å². The van der Waals surface area contributed by atoms with Crippen molar-refractivity contribution < 1.29 is 27.5 Å². The third-order valence-electron chi connectivity index (χ3n) is 1.50. The molecule has 7 heteroatoms. The van der Waals surface area contributed by atoms with Gasteiger partial charge in [-0.05, 0) is 34.6 Å². The lowest BCUT2D eigenvalue weighted by molar-refractivity contribution is -0.158. The molecule has 0 fully saturated rings. The van der Waals surface area contributed by atoms with Gasteiger partial charge in [-0.3, -0.25) is 4.57 Å². The number of alkyl halides is 1. The van der Waals surface area contributed by atoms with E-state index in [0.29, 0.717) is 0 Å². The van der Waals surface area contributed by atoms with Crippen molar-refractivity contribution in [3.8, 4) is 0 Å². The van der Waals surface area contributed by atoms with E-state index in [2.05, 4.69) is 0 Å². The van der Waals surface area contributed by atoms with Gasteiger partial charge in [0.05, 0.1) is 13.2 Å². The monoisotopic (exact) mass is 270 g/mol. The summed E-state index contributed by atoms with van der Waals surface area (Å²) in [5.74, 6) is -3.65. The molecule has 0 aliphatic rings. The number of carbonyl (C=O) groups excluding carboxylic acids is 1. The molecule has 0 radical (unpaired) electrons. The summed E-state index contributed by atoms with van der Waals surface area (Å²) in [4.78, 5) is 11.4. The Hall–Kier alpha value is -0.450. The highest BCUT2D eigenvalue weighted by Gasteiger charge is 2.44. The lowest BCUT2D eigenvalue weighted by atomic mass is 10.2. The van der Waals surface area contributed by atoms with Crippen molar-refractivity contribution in [1.29, 1.82) is 0 Å². The molecule has 0 aromatic carbocycles. The molecule has 17 heavy (non-hydrogen) atoms. The van der Waals surface area contributed by atoms with E-state index in [1.54, 1.807) is 20.8 Å². The molecule has 0 amide bonds. The summed E-state index contributed by atoms with van der Waals surface area (Å²) in [6, 6.07) is 0. The lowest BCUT2D eigenvalue weighted by Crippen LogP contribution is -2.30. The van der Waals surface area contributed by atoms with E-state index in [4.69, 9.17) is 13.8 Å². The highest BCUT2D eigenvalue weighted by atomic mass is 31.2. The maximum atomic E-state index is 13.8. The van der Waals surface area contributed by atoms with Crippen LogP contribution in [-0.2, 0) is 23.1 Å². The van der Waals surface area contributed by atoms with Crippen LogP contribution in [0.15, 0.2) is 0 Å². The topological polar surface area (TPSA) is 61.8 Å². The van der Waals surface area contributed by atoms with E-state index in [-0.39, 0.29) is 13.2 Å². The smallest absolute Gasteiger partial charge is 0.376 e. The first-order valence-electron chi connectivity index (χ1n) is 5.42. The minimum Gasteiger partial charge on any atom is -0.457 e. The van der Waals surface area contributed by atoms with Crippen LogP contribution in [0, 0.1) is 0 Å². The van der Waals surface area contributed by atoms with Gasteiger partial charge in [-0.15, -0.1) is 0 Å². The number of rotatable bonds is 6. The minimum absolute atomic E-state index is 0.0134. The molecule has 0 heterocycles. The first-order chi connectivity index (χ1) is 7.66. The summed E-state index contributed by atoms with van der Waals surface area (Å²) >= 11 is 0. The van der Waals surface area contributed by atoms with Crippen LogP contribution in [0.1, 0.15) is 34.6 Å². The summed E-state index contributed by atoms with van der Waals surface area (Å²) in [7, 11) is -4.09. The van der Waals surface area contributed by atoms with Gasteiger partial charge in [-0.2, -0.15) is 0 Å². The SMILES string of the molecule is CCOP(=O)(OCC)[C@H](F)C(=O)OC(C)(C)C. The van der Waals surface area contributed by atoms with Gasteiger partial charge >= 0.3 is 13.6 Å². The number of hydrogen-bond acceptors (Lipinski definition) is 5. The Balaban J connectivity index is 4.78. The van der Waals surface area contributed by atoms with Crippen LogP contribution < -0.4 is 0 Å². The van der Waals surface area contributed by atoms with Crippen LogP contribution in [0.5, 0.6) is 0 Å². The predicted molar refractivity (Wildman–Crippen MR) is 61.6 cm³/mol. The Morgan fingerprint density at radius 3 is 1.94 bits per heavy atom. The standard InChI is InChI=1S/C10H20FO5P/c1-6-14-17(13,15-7-2)8(11)9(12)16-10(3,4)5/h8H,6-7H2,1-5H3/t8-/m0/s1. The molecule has 0 aromatic heterocycles. The van der Waals surface area contributed by atoms with Crippen molar-refractivity contribution in [3.63, 3.8) is 0 Å². The fourth-order valence-corrected chi connectivity index (χ4v) is 2.37. The largest absolute Gasteiger partial charge is 0.457 e. The van der Waals surface area contributed by atoms with Crippen LogP contribution in [-0.4, -0.2) is 30.7 Å². The molecule has 0 rings (SSSR count). The van der Waals surface area contributed by atoms with Crippen molar-refractivity contribution in [2.75, 3.05) is 13.2 Å². The molecule has 5 nitrogen and oxygen atoms in total. The second kappa shape index (κ2) is 6.47. The number of hydrogen-bond donors (Lipinski definition) is 0. The summed E-state index contributed by atoms with van der Waals surface area (Å²) in [5, 5.41) is 0. The summed E-state index contributed by atoms with van der Waals surface area (Å²) in [5.41, 5.74) is -0.856. The number of halogens is 1. The van der Waals surface area contributed by atoms with Crippen molar-refractivity contribution in [1.82, 2.24) is 0 Å². The number of carbonyl (C=O) groups is 1. The Morgan fingerprint density at radius 2 is 1.65 bits per heavy atom. The van der Waals surface area contributed by atoms with E-state index in [1.807, 2.05) is 0 Å². The second-order valence-corrected chi connectivity index (χ2v) is 6.29. The third kappa shape index (κ3) is 5.61. The Kier molecular flexibility index (Phi) is 6.30. The third-order valence-corrected chi connectivity index (χ3v) is 3.50. The molecule has 1 atom stereocenters. The zero-order valence-electron chi connectivity index (χ0n) is 10.9. The molecule has 0 saturated heterocycles. The first kappa shape index (κ1) is 16.6. The minimum atomic E-state index is -4.09. The molecule has 0 aliphatic carbocycles. The molecular weight excluding hydrogens is 250 g/mol. The highest BCUT2D eigenvalue weighted by molar-refractivity contribution is 7.55. The second-order valence-electron chi connectivity index (χ2n) is 4.24. The predicted octanol–water partition coefficient (Wildman–Crippen LogP) is 2.89. The van der Waals surface area contributed by atoms with Gasteiger partial charge in [0.2, 0.25) is 0 Å². The van der Waals surface area contributed by atoms with E-state index >= 15 is 0 Å². The van der Waals surface area contributed by atoms with Crippen molar-refractivity contribution in [2.24, 2.45) is 0 Å². The van der Waals surface area contributed by atoms with Gasteiger partial charge in [0.25, 0.3) is 5.91 Å². The quantitative estimate of drug-likeness (QED) is 0.548. The zero-order valence-corrected chi connectivity index (χ0v) is 11.8. The molecule has 0 saturated carbocycles. The average Bonchev–Trinajstić information content (AvgIpc) is 2.14. The molecule has 0 spiro atoms. The summed E-state index contributed by atoms with van der Waals surface area (Å²) < 4.78 is 39.9. The van der Waals surface area contributed by atoms with Gasteiger partial charge in [0.1, 0.15) is 5.60 Å². The number of ether oxygens (including phenoxy) is 1. The first-order valence-corrected chi connectivity index (χ1v) is 7.03. The zero-order chi connectivity index (χ0) is 13.7. The average molecular weight is 270 g/mol. The van der Waals surface area contributed by atoms with E-state index in [1.165, 1.54) is 13.8 Å². The van der Waals surface area contributed by atoms with Gasteiger partial charge in [0, 0.05) is 0 Å². The lowest BCUT2D eigenvalue weighted by Gasteiger charge is -2.24. The van der Waals surface area contributed by atoms with Crippen LogP contribution in [0.4, 0.5) is 4.39 Å². The fourth-order valence-electron chi connectivity index (χ4n) is 1.01. The maximum Gasteiger partial charge on any atom is 0.376 e. The van der Waals surface area contributed by atoms with Gasteiger partial charge in [-0.25, -0.2) is 9.18 Å². The van der Waals surface area contributed by atoms with Gasteiger partial charge < -0.3 is 13.8 Å². The van der Waals surface area contributed by atoms with Crippen LogP contribution in [0.3, 0.4) is 0 Å². The van der Waals surface area contributed by atoms with E-state index in [9.17, 15) is 13.8 Å². The molecule has 0 bridgehead atoms. The summed E-state index contributed by atoms with van der Waals surface area (Å²) in [6.45, 7) is 7.81. The molecule has 0 unspecified atom stereocenters. The fraction of sp³-hybridized carbons (Fsp3) is 0.900.